The fraction of sp³-hybridized carbons (Fsp3) is 0.190. The van der Waals surface area contributed by atoms with E-state index in [1.165, 1.54) is 20.2 Å². The number of rotatable bonds is 6. The van der Waals surface area contributed by atoms with Crippen molar-refractivity contribution in [3.63, 3.8) is 0 Å². The summed E-state index contributed by atoms with van der Waals surface area (Å²) in [5, 5.41) is 0. The van der Waals surface area contributed by atoms with Gasteiger partial charge in [-0.25, -0.2) is 4.79 Å². The summed E-state index contributed by atoms with van der Waals surface area (Å²) < 4.78 is 12.2. The molecule has 7 nitrogen and oxygen atoms in total. The standard InChI is InChI=1S/C21H19BrN2O5/c1-23-19(25)17(20(26)24(2)21(23)27)13-14-12-15(22)8-9-18(14)29-11-10-28-16-6-4-3-5-7-16/h3-9,12-13H,10-11H2,1-2H3. The van der Waals surface area contributed by atoms with E-state index in [0.29, 0.717) is 17.9 Å². The number of likely N-dealkylation sites (N-methyl/N-ethyl adjacent to an activating group) is 2. The Bertz CT molecular complexity index is 948. The fourth-order valence-electron chi connectivity index (χ4n) is 2.72. The highest BCUT2D eigenvalue weighted by Crippen LogP contribution is 2.27. The summed E-state index contributed by atoms with van der Waals surface area (Å²) in [5.74, 6) is -0.0866. The Balaban J connectivity index is 1.78. The molecule has 4 amide bonds. The lowest BCUT2D eigenvalue weighted by molar-refractivity contribution is -0.134. The average molecular weight is 459 g/mol. The van der Waals surface area contributed by atoms with Gasteiger partial charge >= 0.3 is 6.03 Å². The topological polar surface area (TPSA) is 76.2 Å². The van der Waals surface area contributed by atoms with Crippen LogP contribution in [0.2, 0.25) is 0 Å². The monoisotopic (exact) mass is 458 g/mol. The highest BCUT2D eigenvalue weighted by molar-refractivity contribution is 9.10. The van der Waals surface area contributed by atoms with E-state index in [9.17, 15) is 14.4 Å². The molecule has 150 valence electrons. The van der Waals surface area contributed by atoms with E-state index in [2.05, 4.69) is 15.9 Å². The second-order valence-corrected chi connectivity index (χ2v) is 7.18. The van der Waals surface area contributed by atoms with Gasteiger partial charge in [-0.15, -0.1) is 0 Å². The Morgan fingerprint density at radius 1 is 0.897 bits per heavy atom. The van der Waals surface area contributed by atoms with Gasteiger partial charge in [-0.1, -0.05) is 34.1 Å². The van der Waals surface area contributed by atoms with Crippen molar-refractivity contribution in [2.45, 2.75) is 0 Å². The minimum atomic E-state index is -0.666. The zero-order chi connectivity index (χ0) is 21.0. The molecule has 1 aliphatic rings. The number of urea groups is 1. The van der Waals surface area contributed by atoms with Crippen LogP contribution in [0.3, 0.4) is 0 Å². The first kappa shape index (κ1) is 20.6. The van der Waals surface area contributed by atoms with Crippen LogP contribution in [0.25, 0.3) is 6.08 Å². The molecule has 0 aliphatic carbocycles. The van der Waals surface area contributed by atoms with Gasteiger partial charge in [-0.3, -0.25) is 19.4 Å². The van der Waals surface area contributed by atoms with E-state index in [4.69, 9.17) is 9.47 Å². The predicted octanol–water partition coefficient (Wildman–Crippen LogP) is 3.34. The van der Waals surface area contributed by atoms with E-state index in [-0.39, 0.29) is 12.2 Å². The Morgan fingerprint density at radius 2 is 1.52 bits per heavy atom. The first-order valence-corrected chi connectivity index (χ1v) is 9.59. The van der Waals surface area contributed by atoms with Crippen molar-refractivity contribution < 1.29 is 23.9 Å². The van der Waals surface area contributed by atoms with Crippen LogP contribution in [0.1, 0.15) is 5.56 Å². The van der Waals surface area contributed by atoms with Gasteiger partial charge in [0, 0.05) is 24.1 Å². The molecule has 2 aromatic rings. The van der Waals surface area contributed by atoms with E-state index < -0.39 is 17.8 Å². The number of hydrogen-bond acceptors (Lipinski definition) is 5. The molecule has 0 unspecified atom stereocenters. The highest BCUT2D eigenvalue weighted by atomic mass is 79.9. The largest absolute Gasteiger partial charge is 0.490 e. The summed E-state index contributed by atoms with van der Waals surface area (Å²) >= 11 is 3.38. The lowest BCUT2D eigenvalue weighted by atomic mass is 10.1. The van der Waals surface area contributed by atoms with Crippen LogP contribution in [0, 0.1) is 0 Å². The van der Waals surface area contributed by atoms with Gasteiger partial charge in [0.2, 0.25) is 0 Å². The van der Waals surface area contributed by atoms with Crippen LogP contribution < -0.4 is 9.47 Å². The molecule has 3 rings (SSSR count). The average Bonchev–Trinajstić information content (AvgIpc) is 2.73. The number of carbonyl (C=O) groups excluding carboxylic acids is 3. The Hall–Kier alpha value is -3.13. The Morgan fingerprint density at radius 3 is 2.17 bits per heavy atom. The molecule has 0 N–H and O–H groups in total. The molecule has 1 aliphatic heterocycles. The number of carbonyl (C=O) groups is 3. The number of barbiturate groups is 1. The SMILES string of the molecule is CN1C(=O)C(=Cc2cc(Br)ccc2OCCOc2ccccc2)C(=O)N(C)C1=O. The third-order valence-electron chi connectivity index (χ3n) is 4.27. The van der Waals surface area contributed by atoms with E-state index in [1.54, 1.807) is 18.2 Å². The maximum Gasteiger partial charge on any atom is 0.333 e. The van der Waals surface area contributed by atoms with E-state index in [1.807, 2.05) is 30.3 Å². The second kappa shape index (κ2) is 8.91. The van der Waals surface area contributed by atoms with E-state index >= 15 is 0 Å². The summed E-state index contributed by atoms with van der Waals surface area (Å²) in [6.45, 7) is 0.598. The minimum Gasteiger partial charge on any atom is -0.490 e. The lowest BCUT2D eigenvalue weighted by Crippen LogP contribution is -2.52. The molecule has 0 atom stereocenters. The minimum absolute atomic E-state index is 0.113. The van der Waals surface area contributed by atoms with Gasteiger partial charge in [0.25, 0.3) is 11.8 Å². The van der Waals surface area contributed by atoms with Crippen molar-refractivity contribution in [3.05, 3.63) is 64.1 Å². The highest BCUT2D eigenvalue weighted by Gasteiger charge is 2.37. The summed E-state index contributed by atoms with van der Waals surface area (Å²) in [6, 6.07) is 14.0. The van der Waals surface area contributed by atoms with Crippen molar-refractivity contribution in [1.82, 2.24) is 9.80 Å². The second-order valence-electron chi connectivity index (χ2n) is 6.26. The van der Waals surface area contributed by atoms with Crippen molar-refractivity contribution >= 4 is 39.9 Å². The number of para-hydroxylation sites is 1. The third-order valence-corrected chi connectivity index (χ3v) is 4.76. The molecule has 0 spiro atoms. The van der Waals surface area contributed by atoms with Crippen molar-refractivity contribution in [2.24, 2.45) is 0 Å². The summed E-state index contributed by atoms with van der Waals surface area (Å²) in [5.41, 5.74) is 0.421. The molecular weight excluding hydrogens is 440 g/mol. The first-order chi connectivity index (χ1) is 13.9. The number of benzene rings is 2. The normalized spacial score (nSPS) is 14.3. The molecular formula is C21H19BrN2O5. The van der Waals surface area contributed by atoms with Crippen LogP contribution in [-0.2, 0) is 9.59 Å². The van der Waals surface area contributed by atoms with Gasteiger partial charge in [0.15, 0.2) is 0 Å². The molecule has 2 aromatic carbocycles. The van der Waals surface area contributed by atoms with Gasteiger partial charge in [0.1, 0.15) is 30.3 Å². The van der Waals surface area contributed by atoms with Gasteiger partial charge in [-0.05, 0) is 36.4 Å². The molecule has 0 saturated carbocycles. The van der Waals surface area contributed by atoms with Crippen LogP contribution >= 0.6 is 15.9 Å². The Labute approximate surface area is 176 Å². The van der Waals surface area contributed by atoms with Gasteiger partial charge in [-0.2, -0.15) is 0 Å². The van der Waals surface area contributed by atoms with Gasteiger partial charge < -0.3 is 9.47 Å². The van der Waals surface area contributed by atoms with Crippen LogP contribution in [0.5, 0.6) is 11.5 Å². The summed E-state index contributed by atoms with van der Waals surface area (Å²) in [7, 11) is 2.67. The van der Waals surface area contributed by atoms with E-state index in [0.717, 1.165) is 20.0 Å². The van der Waals surface area contributed by atoms with Crippen LogP contribution in [-0.4, -0.2) is 55.0 Å². The molecule has 0 bridgehead atoms. The molecule has 29 heavy (non-hydrogen) atoms. The van der Waals surface area contributed by atoms with Gasteiger partial charge in [0.05, 0.1) is 0 Å². The van der Waals surface area contributed by atoms with Crippen molar-refractivity contribution in [2.75, 3.05) is 27.3 Å². The molecule has 1 fully saturated rings. The maximum absolute atomic E-state index is 12.4. The third kappa shape index (κ3) is 4.65. The fourth-order valence-corrected chi connectivity index (χ4v) is 3.10. The zero-order valence-corrected chi connectivity index (χ0v) is 17.5. The summed E-state index contributed by atoms with van der Waals surface area (Å²) in [4.78, 5) is 38.6. The zero-order valence-electron chi connectivity index (χ0n) is 15.9. The molecule has 8 heteroatoms. The Kier molecular flexibility index (Phi) is 6.33. The molecule has 0 aromatic heterocycles. The van der Waals surface area contributed by atoms with Crippen molar-refractivity contribution in [1.29, 1.82) is 0 Å². The number of amides is 4. The number of halogens is 1. The molecule has 1 heterocycles. The van der Waals surface area contributed by atoms with Crippen molar-refractivity contribution in [3.8, 4) is 11.5 Å². The number of nitrogens with zero attached hydrogens (tertiary/aromatic N) is 2. The quantitative estimate of drug-likeness (QED) is 0.376. The number of ether oxygens (including phenoxy) is 2. The summed E-state index contributed by atoms with van der Waals surface area (Å²) in [6.07, 6.45) is 1.43. The van der Waals surface area contributed by atoms with Crippen LogP contribution in [0.4, 0.5) is 4.79 Å². The molecule has 0 radical (unpaired) electrons. The maximum atomic E-state index is 12.4. The lowest BCUT2D eigenvalue weighted by Gasteiger charge is -2.29. The molecule has 1 saturated heterocycles. The number of hydrogen-bond donors (Lipinski definition) is 0. The first-order valence-electron chi connectivity index (χ1n) is 8.80. The predicted molar refractivity (Wildman–Crippen MR) is 110 cm³/mol. The van der Waals surface area contributed by atoms with Crippen LogP contribution in [0.15, 0.2) is 58.6 Å². The number of imide groups is 2. The smallest absolute Gasteiger partial charge is 0.333 e.